The van der Waals surface area contributed by atoms with Crippen LogP contribution in [0.2, 0.25) is 0 Å². The van der Waals surface area contributed by atoms with Gasteiger partial charge in [-0.05, 0) is 30.3 Å². The summed E-state index contributed by atoms with van der Waals surface area (Å²) in [5.41, 5.74) is 0.929. The molecular formula is C24H21FN2O6S. The molecule has 1 aliphatic rings. The van der Waals surface area contributed by atoms with E-state index in [4.69, 9.17) is 14.2 Å². The lowest BCUT2D eigenvalue weighted by molar-refractivity contribution is -0.145. The van der Waals surface area contributed by atoms with Crippen LogP contribution in [-0.4, -0.2) is 35.9 Å². The van der Waals surface area contributed by atoms with Crippen molar-refractivity contribution in [2.24, 2.45) is 0 Å². The Morgan fingerprint density at radius 1 is 1.09 bits per heavy atom. The summed E-state index contributed by atoms with van der Waals surface area (Å²) >= 11 is 1.13. The second-order valence-electron chi connectivity index (χ2n) is 7.37. The molecule has 34 heavy (non-hydrogen) atoms. The predicted molar refractivity (Wildman–Crippen MR) is 122 cm³/mol. The van der Waals surface area contributed by atoms with E-state index in [-0.39, 0.29) is 36.1 Å². The van der Waals surface area contributed by atoms with Crippen LogP contribution >= 0.6 is 11.3 Å². The van der Waals surface area contributed by atoms with Crippen LogP contribution in [0.4, 0.5) is 15.2 Å². The fourth-order valence-corrected chi connectivity index (χ4v) is 4.17. The molecule has 176 valence electrons. The van der Waals surface area contributed by atoms with Gasteiger partial charge >= 0.3 is 5.97 Å². The van der Waals surface area contributed by atoms with Gasteiger partial charge in [0.1, 0.15) is 25.6 Å². The highest BCUT2D eigenvalue weighted by Gasteiger charge is 2.21. The molecule has 4 rings (SSSR count). The van der Waals surface area contributed by atoms with Crippen LogP contribution in [0.25, 0.3) is 0 Å². The van der Waals surface area contributed by atoms with E-state index in [1.807, 2.05) is 0 Å². The van der Waals surface area contributed by atoms with Crippen LogP contribution in [0.3, 0.4) is 0 Å². The van der Waals surface area contributed by atoms with Crippen molar-refractivity contribution in [3.05, 3.63) is 64.9 Å². The number of ether oxygens (including phenoxy) is 3. The van der Waals surface area contributed by atoms with Crippen molar-refractivity contribution in [2.45, 2.75) is 26.4 Å². The number of rotatable bonds is 8. The standard InChI is InChI=1S/C24H21FN2O6S/c1-15(28)27(19-5-3-2-4-18(19)25)24-26-17(14-34-24)13-33-23(30)9-7-20(29)16-6-8-21-22(12-16)32-11-10-31-21/h2-6,8,12,14H,7,9-11,13H2,1H3. The first-order chi connectivity index (χ1) is 16.4. The molecule has 0 saturated carbocycles. The first kappa shape index (κ1) is 23.4. The van der Waals surface area contributed by atoms with E-state index in [1.165, 1.54) is 25.1 Å². The number of esters is 1. The summed E-state index contributed by atoms with van der Waals surface area (Å²) in [7, 11) is 0. The van der Waals surface area contributed by atoms with Gasteiger partial charge in [0.05, 0.1) is 17.8 Å². The van der Waals surface area contributed by atoms with E-state index in [2.05, 4.69) is 4.98 Å². The molecule has 10 heteroatoms. The van der Waals surface area contributed by atoms with Crippen molar-refractivity contribution in [1.29, 1.82) is 0 Å². The first-order valence-electron chi connectivity index (χ1n) is 10.5. The molecular weight excluding hydrogens is 463 g/mol. The summed E-state index contributed by atoms with van der Waals surface area (Å²) in [4.78, 5) is 42.1. The monoisotopic (exact) mass is 484 g/mol. The van der Waals surface area contributed by atoms with Crippen molar-refractivity contribution in [3.63, 3.8) is 0 Å². The highest BCUT2D eigenvalue weighted by molar-refractivity contribution is 7.14. The molecule has 2 heterocycles. The van der Waals surface area contributed by atoms with Crippen LogP contribution in [0.5, 0.6) is 11.5 Å². The van der Waals surface area contributed by atoms with Crippen LogP contribution in [0.1, 0.15) is 35.8 Å². The van der Waals surface area contributed by atoms with Crippen molar-refractivity contribution in [3.8, 4) is 11.5 Å². The molecule has 0 radical (unpaired) electrons. The maximum Gasteiger partial charge on any atom is 0.306 e. The number of hydrogen-bond donors (Lipinski definition) is 0. The molecule has 0 fully saturated rings. The van der Waals surface area contributed by atoms with Crippen molar-refractivity contribution in [1.82, 2.24) is 4.98 Å². The minimum atomic E-state index is -0.557. The van der Waals surface area contributed by atoms with E-state index >= 15 is 0 Å². The van der Waals surface area contributed by atoms with Crippen molar-refractivity contribution >= 4 is 39.8 Å². The molecule has 2 aromatic carbocycles. The minimum Gasteiger partial charge on any atom is -0.486 e. The SMILES string of the molecule is CC(=O)N(c1nc(COC(=O)CCC(=O)c2ccc3c(c2)OCCO3)cs1)c1ccccc1F. The fraction of sp³-hybridized carbons (Fsp3) is 0.250. The Labute approximate surface area is 198 Å². The number of fused-ring (bicyclic) bond motifs is 1. The van der Waals surface area contributed by atoms with E-state index in [0.29, 0.717) is 36.0 Å². The summed E-state index contributed by atoms with van der Waals surface area (Å²) in [5.74, 6) is -0.633. The number of Topliss-reactive ketones (excluding diaryl/α,β-unsaturated/α-hetero) is 1. The zero-order valence-corrected chi connectivity index (χ0v) is 19.1. The topological polar surface area (TPSA) is 95.0 Å². The minimum absolute atomic E-state index is 0.0216. The average molecular weight is 485 g/mol. The number of thiazole rings is 1. The largest absolute Gasteiger partial charge is 0.486 e. The number of hydrogen-bond acceptors (Lipinski definition) is 8. The van der Waals surface area contributed by atoms with Crippen LogP contribution in [0.15, 0.2) is 47.8 Å². The predicted octanol–water partition coefficient (Wildman–Crippen LogP) is 4.44. The Bertz CT molecular complexity index is 1230. The van der Waals surface area contributed by atoms with E-state index in [1.54, 1.807) is 29.6 Å². The highest BCUT2D eigenvalue weighted by Crippen LogP contribution is 2.32. The molecule has 3 aromatic rings. The lowest BCUT2D eigenvalue weighted by atomic mass is 10.1. The van der Waals surface area contributed by atoms with Crippen molar-refractivity contribution in [2.75, 3.05) is 18.1 Å². The maximum absolute atomic E-state index is 14.2. The van der Waals surface area contributed by atoms with Gasteiger partial charge in [-0.3, -0.25) is 19.3 Å². The molecule has 0 atom stereocenters. The van der Waals surface area contributed by atoms with Crippen LogP contribution in [-0.2, 0) is 20.9 Å². The highest BCUT2D eigenvalue weighted by atomic mass is 32.1. The number of halogens is 1. The molecule has 1 amide bonds. The Morgan fingerprint density at radius 2 is 1.85 bits per heavy atom. The summed E-state index contributed by atoms with van der Waals surface area (Å²) in [6, 6.07) is 10.8. The fourth-order valence-electron chi connectivity index (χ4n) is 3.31. The van der Waals surface area contributed by atoms with Gasteiger partial charge in [0, 0.05) is 24.3 Å². The van der Waals surface area contributed by atoms with E-state index in [0.717, 1.165) is 16.2 Å². The number of carbonyl (C=O) groups excluding carboxylic acids is 3. The smallest absolute Gasteiger partial charge is 0.306 e. The Morgan fingerprint density at radius 3 is 2.62 bits per heavy atom. The molecule has 0 unspecified atom stereocenters. The Kier molecular flexibility index (Phi) is 7.17. The van der Waals surface area contributed by atoms with Gasteiger partial charge in [-0.1, -0.05) is 12.1 Å². The zero-order chi connectivity index (χ0) is 24.1. The normalized spacial score (nSPS) is 12.2. The molecule has 0 saturated heterocycles. The number of nitrogens with zero attached hydrogens (tertiary/aromatic N) is 2. The Hall–Kier alpha value is -3.79. The number of aromatic nitrogens is 1. The van der Waals surface area contributed by atoms with Gasteiger partial charge in [-0.2, -0.15) is 0 Å². The molecule has 1 aliphatic heterocycles. The molecule has 8 nitrogen and oxygen atoms in total. The first-order valence-corrected chi connectivity index (χ1v) is 11.4. The second-order valence-corrected chi connectivity index (χ2v) is 8.21. The summed E-state index contributed by atoms with van der Waals surface area (Å²) < 4.78 is 30.3. The molecule has 1 aromatic heterocycles. The molecule has 0 spiro atoms. The third kappa shape index (κ3) is 5.40. The van der Waals surface area contributed by atoms with Gasteiger partial charge in [0.15, 0.2) is 22.4 Å². The van der Waals surface area contributed by atoms with Crippen LogP contribution in [0, 0.1) is 5.82 Å². The third-order valence-electron chi connectivity index (χ3n) is 4.94. The van der Waals surface area contributed by atoms with Gasteiger partial charge in [0.2, 0.25) is 5.91 Å². The van der Waals surface area contributed by atoms with Gasteiger partial charge in [-0.15, -0.1) is 11.3 Å². The van der Waals surface area contributed by atoms with Gasteiger partial charge in [-0.25, -0.2) is 9.37 Å². The molecule has 0 aliphatic carbocycles. The quantitative estimate of drug-likeness (QED) is 0.344. The number of carbonyl (C=O) groups is 3. The van der Waals surface area contributed by atoms with Gasteiger partial charge < -0.3 is 14.2 Å². The van der Waals surface area contributed by atoms with Gasteiger partial charge in [0.25, 0.3) is 0 Å². The second kappa shape index (κ2) is 10.4. The van der Waals surface area contributed by atoms with E-state index < -0.39 is 17.7 Å². The number of amides is 1. The van der Waals surface area contributed by atoms with Crippen molar-refractivity contribution < 1.29 is 33.0 Å². The number of benzene rings is 2. The number of para-hydroxylation sites is 1. The number of ketones is 1. The molecule has 0 N–H and O–H groups in total. The van der Waals surface area contributed by atoms with Crippen LogP contribution < -0.4 is 14.4 Å². The zero-order valence-electron chi connectivity index (χ0n) is 18.3. The van der Waals surface area contributed by atoms with E-state index in [9.17, 15) is 18.8 Å². The molecule has 0 bridgehead atoms. The lowest BCUT2D eigenvalue weighted by Gasteiger charge is -2.18. The maximum atomic E-state index is 14.2. The summed E-state index contributed by atoms with van der Waals surface area (Å²) in [6.07, 6.45) is -0.120. The average Bonchev–Trinajstić information content (AvgIpc) is 3.30. The lowest BCUT2D eigenvalue weighted by Crippen LogP contribution is -2.23. The Balaban J connectivity index is 1.31. The summed E-state index contributed by atoms with van der Waals surface area (Å²) in [6.45, 7) is 2.06. The third-order valence-corrected chi connectivity index (χ3v) is 5.82. The number of anilines is 2. The summed E-state index contributed by atoms with van der Waals surface area (Å²) in [5, 5.41) is 1.89.